The SMILES string of the molecule is CC(C)CC(=O)NCC(=O)N[C@@H](CSCCCC(=O)NCC(=O)NCC(N)=O)C(=O)N1CCC[C@H]1C(=O)NCCCCN=CN. The number of unbranched alkanes of at least 4 members (excludes halogenated alkanes) is 1. The number of nitrogens with zero attached hydrogens (tertiary/aromatic N) is 2. The first-order valence-corrected chi connectivity index (χ1v) is 16.3. The molecular formula is C28H49N9O7S. The van der Waals surface area contributed by atoms with E-state index in [1.807, 2.05) is 13.8 Å². The van der Waals surface area contributed by atoms with Crippen molar-refractivity contribution in [2.45, 2.75) is 70.9 Å². The van der Waals surface area contributed by atoms with Crippen molar-refractivity contribution < 1.29 is 33.6 Å². The summed E-state index contributed by atoms with van der Waals surface area (Å²) in [6.45, 7) is 4.26. The number of primary amides is 1. The normalized spacial score (nSPS) is 15.0. The fourth-order valence-corrected chi connectivity index (χ4v) is 5.31. The first-order chi connectivity index (χ1) is 21.4. The molecule has 1 aliphatic heterocycles. The summed E-state index contributed by atoms with van der Waals surface area (Å²) in [5, 5.41) is 12.9. The number of likely N-dealkylation sites (tertiary alicyclic amines) is 1. The van der Waals surface area contributed by atoms with Gasteiger partial charge in [0.15, 0.2) is 0 Å². The van der Waals surface area contributed by atoms with Gasteiger partial charge in [-0.25, -0.2) is 0 Å². The summed E-state index contributed by atoms with van der Waals surface area (Å²) in [5.41, 5.74) is 10.2. The lowest BCUT2D eigenvalue weighted by molar-refractivity contribution is -0.140. The monoisotopic (exact) mass is 655 g/mol. The summed E-state index contributed by atoms with van der Waals surface area (Å²) in [6, 6.07) is -1.60. The highest BCUT2D eigenvalue weighted by molar-refractivity contribution is 7.99. The third-order valence-electron chi connectivity index (χ3n) is 6.51. The Kier molecular flexibility index (Phi) is 19.6. The molecule has 0 radical (unpaired) electrons. The van der Waals surface area contributed by atoms with Crippen LogP contribution in [-0.4, -0.2) is 115 Å². The van der Waals surface area contributed by atoms with E-state index in [0.29, 0.717) is 51.1 Å². The van der Waals surface area contributed by atoms with Crippen molar-refractivity contribution >= 4 is 59.5 Å². The lowest BCUT2D eigenvalue weighted by atomic mass is 10.1. The van der Waals surface area contributed by atoms with Gasteiger partial charge in [0.2, 0.25) is 41.4 Å². The second-order valence-corrected chi connectivity index (χ2v) is 12.1. The number of aliphatic imine (C=N–C) groups is 1. The number of amides is 7. The van der Waals surface area contributed by atoms with Gasteiger partial charge >= 0.3 is 0 Å². The second kappa shape index (κ2) is 22.6. The van der Waals surface area contributed by atoms with Crippen LogP contribution in [0.4, 0.5) is 0 Å². The van der Waals surface area contributed by atoms with E-state index in [4.69, 9.17) is 11.5 Å². The molecule has 9 N–H and O–H groups in total. The van der Waals surface area contributed by atoms with Crippen molar-refractivity contribution in [3.63, 3.8) is 0 Å². The number of carbonyl (C=O) groups excluding carboxylic acids is 7. The van der Waals surface area contributed by atoms with E-state index in [1.165, 1.54) is 23.0 Å². The Morgan fingerprint density at radius 3 is 2.29 bits per heavy atom. The van der Waals surface area contributed by atoms with E-state index in [2.05, 4.69) is 31.6 Å². The summed E-state index contributed by atoms with van der Waals surface area (Å²) >= 11 is 1.35. The Morgan fingerprint density at radius 1 is 0.911 bits per heavy atom. The molecule has 1 heterocycles. The molecule has 0 aromatic carbocycles. The summed E-state index contributed by atoms with van der Waals surface area (Å²) in [6.07, 6.45) is 4.68. The van der Waals surface area contributed by atoms with Crippen molar-refractivity contribution in [1.29, 1.82) is 0 Å². The molecule has 1 aliphatic rings. The minimum absolute atomic E-state index is 0.121. The fourth-order valence-electron chi connectivity index (χ4n) is 4.33. The average molecular weight is 656 g/mol. The van der Waals surface area contributed by atoms with Gasteiger partial charge in [-0.2, -0.15) is 11.8 Å². The van der Waals surface area contributed by atoms with E-state index < -0.39 is 29.8 Å². The van der Waals surface area contributed by atoms with Crippen molar-refractivity contribution in [3.8, 4) is 0 Å². The molecule has 0 aromatic heterocycles. The maximum absolute atomic E-state index is 13.6. The lowest BCUT2D eigenvalue weighted by Gasteiger charge is -2.28. The van der Waals surface area contributed by atoms with Crippen LogP contribution in [0.15, 0.2) is 4.99 Å². The maximum Gasteiger partial charge on any atom is 0.246 e. The van der Waals surface area contributed by atoms with Gasteiger partial charge in [-0.1, -0.05) is 13.8 Å². The van der Waals surface area contributed by atoms with Gasteiger partial charge in [-0.05, 0) is 43.8 Å². The molecule has 17 heteroatoms. The molecule has 0 spiro atoms. The molecule has 1 rings (SSSR count). The van der Waals surface area contributed by atoms with E-state index in [0.717, 1.165) is 6.42 Å². The maximum atomic E-state index is 13.6. The van der Waals surface area contributed by atoms with E-state index in [1.54, 1.807) is 0 Å². The van der Waals surface area contributed by atoms with Gasteiger partial charge in [0.1, 0.15) is 12.1 Å². The average Bonchev–Trinajstić information content (AvgIpc) is 3.48. The zero-order chi connectivity index (χ0) is 33.6. The fraction of sp³-hybridized carbons (Fsp3) is 0.714. The first kappa shape index (κ1) is 39.1. The molecule has 1 saturated heterocycles. The number of thioether (sulfide) groups is 1. The van der Waals surface area contributed by atoms with Crippen LogP contribution in [0.1, 0.15) is 58.8 Å². The first-order valence-electron chi connectivity index (χ1n) is 15.2. The van der Waals surface area contributed by atoms with Crippen LogP contribution >= 0.6 is 11.8 Å². The highest BCUT2D eigenvalue weighted by atomic mass is 32.2. The summed E-state index contributed by atoms with van der Waals surface area (Å²) < 4.78 is 0. The van der Waals surface area contributed by atoms with Crippen molar-refractivity contribution in [3.05, 3.63) is 0 Å². The second-order valence-electron chi connectivity index (χ2n) is 10.9. The minimum Gasteiger partial charge on any atom is -0.390 e. The molecule has 7 amide bonds. The third-order valence-corrected chi connectivity index (χ3v) is 7.66. The zero-order valence-electron chi connectivity index (χ0n) is 26.2. The zero-order valence-corrected chi connectivity index (χ0v) is 27.0. The predicted molar refractivity (Wildman–Crippen MR) is 171 cm³/mol. The highest BCUT2D eigenvalue weighted by Gasteiger charge is 2.37. The standard InChI is InChI=1S/C28H49N9O7S/c1-19(2)13-24(40)35-16-26(42)36-20(17-45-12-6-8-23(39)34-15-25(41)33-14-22(30)38)28(44)37-11-5-7-21(37)27(43)32-10-4-3-9-31-18-29/h18-21H,3-17H2,1-2H3,(H2,29,31)(H2,30,38)(H,32,43)(H,33,41)(H,34,39)(H,35,40)(H,36,42)/t20-,21-/m0/s1. The Bertz CT molecular complexity index is 1040. The van der Waals surface area contributed by atoms with Crippen molar-refractivity contribution in [2.75, 3.05) is 50.8 Å². The molecule has 45 heavy (non-hydrogen) atoms. The Morgan fingerprint density at radius 2 is 1.60 bits per heavy atom. The predicted octanol–water partition coefficient (Wildman–Crippen LogP) is -2.26. The van der Waals surface area contributed by atoms with E-state index in [9.17, 15) is 33.6 Å². The Labute approximate surface area is 268 Å². The molecular weight excluding hydrogens is 606 g/mol. The Hall–Kier alpha value is -3.89. The third kappa shape index (κ3) is 17.9. The van der Waals surface area contributed by atoms with Crippen LogP contribution in [0.5, 0.6) is 0 Å². The molecule has 16 nitrogen and oxygen atoms in total. The lowest BCUT2D eigenvalue weighted by Crippen LogP contribution is -2.55. The molecule has 0 bridgehead atoms. The van der Waals surface area contributed by atoms with Crippen LogP contribution < -0.4 is 38.1 Å². The van der Waals surface area contributed by atoms with Gasteiger partial charge in [-0.3, -0.25) is 38.6 Å². The largest absolute Gasteiger partial charge is 0.390 e. The summed E-state index contributed by atoms with van der Waals surface area (Å²) in [7, 11) is 0. The number of carbonyl (C=O) groups is 7. The van der Waals surface area contributed by atoms with E-state index in [-0.39, 0.29) is 67.8 Å². The van der Waals surface area contributed by atoms with Crippen LogP contribution in [0, 0.1) is 5.92 Å². The molecule has 1 fully saturated rings. The quantitative estimate of drug-likeness (QED) is 0.0377. The number of nitrogens with two attached hydrogens (primary N) is 2. The van der Waals surface area contributed by atoms with Gasteiger partial charge in [-0.15, -0.1) is 0 Å². The minimum atomic E-state index is -0.949. The number of rotatable bonds is 22. The smallest absolute Gasteiger partial charge is 0.246 e. The van der Waals surface area contributed by atoms with Gasteiger partial charge in [0, 0.05) is 38.2 Å². The topological polar surface area (TPSA) is 247 Å². The van der Waals surface area contributed by atoms with E-state index >= 15 is 0 Å². The van der Waals surface area contributed by atoms with Gasteiger partial charge in [0.25, 0.3) is 0 Å². The number of nitrogens with one attached hydrogen (secondary N) is 5. The van der Waals surface area contributed by atoms with Crippen LogP contribution in [0.3, 0.4) is 0 Å². The molecule has 254 valence electrons. The number of hydrogen-bond donors (Lipinski definition) is 7. The Balaban J connectivity index is 2.69. The summed E-state index contributed by atoms with van der Waals surface area (Å²) in [4.78, 5) is 91.0. The molecule has 0 aliphatic carbocycles. The highest BCUT2D eigenvalue weighted by Crippen LogP contribution is 2.20. The molecule has 2 atom stereocenters. The summed E-state index contributed by atoms with van der Waals surface area (Å²) in [5.74, 6) is -2.25. The number of hydrogen-bond acceptors (Lipinski definition) is 9. The van der Waals surface area contributed by atoms with Crippen molar-refractivity contribution in [2.24, 2.45) is 22.4 Å². The van der Waals surface area contributed by atoms with Gasteiger partial charge in [0.05, 0.1) is 26.0 Å². The van der Waals surface area contributed by atoms with Crippen LogP contribution in [-0.2, 0) is 33.6 Å². The van der Waals surface area contributed by atoms with Crippen LogP contribution in [0.25, 0.3) is 0 Å². The molecule has 0 aromatic rings. The van der Waals surface area contributed by atoms with Crippen molar-refractivity contribution in [1.82, 2.24) is 31.5 Å². The molecule has 0 unspecified atom stereocenters. The molecule has 0 saturated carbocycles. The van der Waals surface area contributed by atoms with Gasteiger partial charge < -0.3 is 43.0 Å². The van der Waals surface area contributed by atoms with Crippen LogP contribution in [0.2, 0.25) is 0 Å².